The molecule has 0 saturated heterocycles. The minimum absolute atomic E-state index is 0.170. The monoisotopic (exact) mass is 364 g/mol. The maximum atomic E-state index is 12.9. The van der Waals surface area contributed by atoms with Gasteiger partial charge in [-0.15, -0.1) is 10.2 Å². The molecule has 0 amide bonds. The molecule has 1 aliphatic heterocycles. The van der Waals surface area contributed by atoms with E-state index in [1.807, 2.05) is 49.4 Å². The molecule has 1 aromatic heterocycles. The zero-order chi connectivity index (χ0) is 17.9. The van der Waals surface area contributed by atoms with Crippen molar-refractivity contribution in [2.75, 3.05) is 11.1 Å². The molecule has 2 aromatic carbocycles. The van der Waals surface area contributed by atoms with E-state index in [0.717, 1.165) is 17.0 Å². The molecule has 0 aliphatic carbocycles. The minimum Gasteiger partial charge on any atom is -0.444 e. The lowest BCUT2D eigenvalue weighted by atomic mass is 10.1. The Morgan fingerprint density at radius 3 is 2.69 bits per heavy atom. The average Bonchev–Trinajstić information content (AvgIpc) is 2.85. The SMILES string of the molecule is CCSc1nnc2c(n1)O[C@@H](C(=O)c1ccccc1)Nc1ccccc1-2. The van der Waals surface area contributed by atoms with Crippen LogP contribution in [0.25, 0.3) is 11.3 Å². The summed E-state index contributed by atoms with van der Waals surface area (Å²) in [6.07, 6.45) is -0.893. The Balaban J connectivity index is 1.79. The highest BCUT2D eigenvalue weighted by atomic mass is 32.2. The Kier molecular flexibility index (Phi) is 4.53. The second-order valence-electron chi connectivity index (χ2n) is 5.60. The van der Waals surface area contributed by atoms with Gasteiger partial charge in [0, 0.05) is 16.8 Å². The van der Waals surface area contributed by atoms with Gasteiger partial charge in [0.05, 0.1) is 0 Å². The van der Waals surface area contributed by atoms with Crippen LogP contribution in [0.3, 0.4) is 0 Å². The second-order valence-corrected chi connectivity index (χ2v) is 6.83. The number of thioether (sulfide) groups is 1. The molecule has 7 heteroatoms. The fraction of sp³-hybridized carbons (Fsp3) is 0.158. The van der Waals surface area contributed by atoms with Crippen LogP contribution in [-0.4, -0.2) is 32.9 Å². The van der Waals surface area contributed by atoms with E-state index in [0.29, 0.717) is 22.3 Å². The molecule has 0 fully saturated rings. The number of rotatable bonds is 4. The number of ketones is 1. The molecular formula is C19H16N4O2S. The molecule has 1 atom stereocenters. The quantitative estimate of drug-likeness (QED) is 0.559. The summed E-state index contributed by atoms with van der Waals surface area (Å²) in [5.41, 5.74) is 2.65. The zero-order valence-corrected chi connectivity index (χ0v) is 14.9. The van der Waals surface area contributed by atoms with Crippen LogP contribution in [0.1, 0.15) is 17.3 Å². The number of fused-ring (bicyclic) bond motifs is 3. The molecule has 0 saturated carbocycles. The predicted octanol–water partition coefficient (Wildman–Crippen LogP) is 3.66. The van der Waals surface area contributed by atoms with E-state index in [1.54, 1.807) is 12.1 Å². The second kappa shape index (κ2) is 7.13. The number of nitrogens with one attached hydrogen (secondary N) is 1. The number of ether oxygens (including phenoxy) is 1. The van der Waals surface area contributed by atoms with Gasteiger partial charge in [-0.2, -0.15) is 4.98 Å². The molecule has 1 aliphatic rings. The van der Waals surface area contributed by atoms with Crippen molar-refractivity contribution in [2.45, 2.75) is 18.3 Å². The van der Waals surface area contributed by atoms with Gasteiger partial charge in [0.2, 0.25) is 23.0 Å². The Morgan fingerprint density at radius 2 is 1.88 bits per heavy atom. The molecule has 1 N–H and O–H groups in total. The Morgan fingerprint density at radius 1 is 1.12 bits per heavy atom. The first-order valence-corrected chi connectivity index (χ1v) is 9.24. The highest BCUT2D eigenvalue weighted by Crippen LogP contribution is 2.36. The van der Waals surface area contributed by atoms with Crippen LogP contribution in [0.2, 0.25) is 0 Å². The summed E-state index contributed by atoms with van der Waals surface area (Å²) in [7, 11) is 0. The van der Waals surface area contributed by atoms with Crippen LogP contribution in [-0.2, 0) is 0 Å². The van der Waals surface area contributed by atoms with Gasteiger partial charge in [-0.05, 0) is 11.8 Å². The topological polar surface area (TPSA) is 77.0 Å². The minimum atomic E-state index is -0.893. The maximum absolute atomic E-state index is 12.9. The maximum Gasteiger partial charge on any atom is 0.247 e. The predicted molar refractivity (Wildman–Crippen MR) is 100 cm³/mol. The van der Waals surface area contributed by atoms with Crippen molar-refractivity contribution >= 4 is 23.2 Å². The van der Waals surface area contributed by atoms with Crippen LogP contribution in [0, 0.1) is 0 Å². The first kappa shape index (κ1) is 16.5. The van der Waals surface area contributed by atoms with Crippen molar-refractivity contribution in [1.29, 1.82) is 0 Å². The molecule has 0 radical (unpaired) electrons. The lowest BCUT2D eigenvalue weighted by Gasteiger charge is -2.17. The van der Waals surface area contributed by atoms with E-state index in [4.69, 9.17) is 4.74 Å². The lowest BCUT2D eigenvalue weighted by Crippen LogP contribution is -2.35. The summed E-state index contributed by atoms with van der Waals surface area (Å²) in [4.78, 5) is 17.4. The van der Waals surface area contributed by atoms with Gasteiger partial charge in [-0.3, -0.25) is 4.79 Å². The van der Waals surface area contributed by atoms with Gasteiger partial charge in [0.15, 0.2) is 5.69 Å². The van der Waals surface area contributed by atoms with Crippen LogP contribution in [0.15, 0.2) is 59.8 Å². The summed E-state index contributed by atoms with van der Waals surface area (Å²) in [5, 5.41) is 12.1. The third-order valence-corrected chi connectivity index (χ3v) is 4.62. The van der Waals surface area contributed by atoms with Gasteiger partial charge in [-0.25, -0.2) is 0 Å². The number of aromatic nitrogens is 3. The summed E-state index contributed by atoms with van der Waals surface area (Å²) in [6, 6.07) is 16.6. The molecule has 3 aromatic rings. The standard InChI is InChI=1S/C19H16N4O2S/c1-2-26-19-21-17-15(22-23-19)13-10-6-7-11-14(13)20-18(25-17)16(24)12-8-4-3-5-9-12/h3-11,18,20H,2H2,1H3/t18-/m0/s1. The van der Waals surface area contributed by atoms with Gasteiger partial charge >= 0.3 is 0 Å². The van der Waals surface area contributed by atoms with E-state index in [2.05, 4.69) is 20.5 Å². The van der Waals surface area contributed by atoms with Crippen LogP contribution < -0.4 is 10.1 Å². The normalized spacial score (nSPS) is 15.0. The zero-order valence-electron chi connectivity index (χ0n) is 14.0. The van der Waals surface area contributed by atoms with Gasteiger partial charge in [0.1, 0.15) is 0 Å². The Bertz CT molecular complexity index is 949. The first-order chi connectivity index (χ1) is 12.8. The molecule has 6 nitrogen and oxygen atoms in total. The number of nitrogens with zero attached hydrogens (tertiary/aromatic N) is 3. The van der Waals surface area contributed by atoms with E-state index in [-0.39, 0.29) is 5.78 Å². The van der Waals surface area contributed by atoms with Crippen LogP contribution >= 0.6 is 11.8 Å². The summed E-state index contributed by atoms with van der Waals surface area (Å²) < 4.78 is 5.96. The Labute approximate surface area is 155 Å². The molecule has 2 heterocycles. The van der Waals surface area contributed by atoms with Crippen molar-refractivity contribution < 1.29 is 9.53 Å². The van der Waals surface area contributed by atoms with Crippen molar-refractivity contribution in [3.63, 3.8) is 0 Å². The third kappa shape index (κ3) is 3.13. The van der Waals surface area contributed by atoms with E-state index in [1.165, 1.54) is 11.8 Å². The first-order valence-electron chi connectivity index (χ1n) is 8.25. The van der Waals surface area contributed by atoms with E-state index in [9.17, 15) is 4.79 Å². The number of hydrogen-bond acceptors (Lipinski definition) is 7. The number of Topliss-reactive ketones (excluding diaryl/α,β-unsaturated/α-hetero) is 1. The Hall–Kier alpha value is -2.93. The molecule has 26 heavy (non-hydrogen) atoms. The molecular weight excluding hydrogens is 348 g/mol. The fourth-order valence-electron chi connectivity index (χ4n) is 2.71. The van der Waals surface area contributed by atoms with Gasteiger partial charge in [0.25, 0.3) is 0 Å². The van der Waals surface area contributed by atoms with Crippen LogP contribution in [0.5, 0.6) is 5.88 Å². The number of anilines is 1. The molecule has 0 spiro atoms. The smallest absolute Gasteiger partial charge is 0.247 e. The highest BCUT2D eigenvalue weighted by molar-refractivity contribution is 7.99. The molecule has 0 unspecified atom stereocenters. The van der Waals surface area contributed by atoms with Crippen molar-refractivity contribution in [1.82, 2.24) is 15.2 Å². The summed E-state index contributed by atoms with van der Waals surface area (Å²) >= 11 is 1.47. The molecule has 130 valence electrons. The summed E-state index contributed by atoms with van der Waals surface area (Å²) in [5.74, 6) is 0.959. The number of para-hydroxylation sites is 1. The lowest BCUT2D eigenvalue weighted by molar-refractivity contribution is 0.0823. The van der Waals surface area contributed by atoms with Crippen molar-refractivity contribution in [2.24, 2.45) is 0 Å². The largest absolute Gasteiger partial charge is 0.444 e. The average molecular weight is 364 g/mol. The van der Waals surface area contributed by atoms with E-state index >= 15 is 0 Å². The number of carbonyl (C=O) groups excluding carboxylic acids is 1. The van der Waals surface area contributed by atoms with Gasteiger partial charge in [-0.1, -0.05) is 67.2 Å². The van der Waals surface area contributed by atoms with Gasteiger partial charge < -0.3 is 10.1 Å². The molecule has 4 rings (SSSR count). The number of hydrogen-bond donors (Lipinski definition) is 1. The molecule has 0 bridgehead atoms. The summed E-state index contributed by atoms with van der Waals surface area (Å²) in [6.45, 7) is 2.01. The third-order valence-electron chi connectivity index (χ3n) is 3.90. The van der Waals surface area contributed by atoms with Crippen LogP contribution in [0.4, 0.5) is 5.69 Å². The van der Waals surface area contributed by atoms with Crippen molar-refractivity contribution in [3.8, 4) is 17.1 Å². The number of benzene rings is 2. The fourth-order valence-corrected chi connectivity index (χ4v) is 3.21. The van der Waals surface area contributed by atoms with E-state index < -0.39 is 6.23 Å². The highest BCUT2D eigenvalue weighted by Gasteiger charge is 2.29. The van der Waals surface area contributed by atoms with Crippen molar-refractivity contribution in [3.05, 3.63) is 60.2 Å². The number of carbonyl (C=O) groups is 1.